The lowest BCUT2D eigenvalue weighted by Gasteiger charge is -2.36. The molecule has 0 saturated carbocycles. The molecule has 140 valence electrons. The molecule has 26 heavy (non-hydrogen) atoms. The van der Waals surface area contributed by atoms with Gasteiger partial charge >= 0.3 is 0 Å². The van der Waals surface area contributed by atoms with E-state index in [-0.39, 0.29) is 18.3 Å². The third-order valence-electron chi connectivity index (χ3n) is 5.28. The number of nitrogens with zero attached hydrogens (tertiary/aromatic N) is 3. The number of fused-ring (bicyclic) bond motifs is 1. The van der Waals surface area contributed by atoms with Crippen LogP contribution in [0.3, 0.4) is 0 Å². The molecule has 6 nitrogen and oxygen atoms in total. The average molecular weight is 376 g/mol. The summed E-state index contributed by atoms with van der Waals surface area (Å²) in [5, 5.41) is 10.7. The largest absolute Gasteiger partial charge is 0.368 e. The minimum Gasteiger partial charge on any atom is -0.368 e. The predicted octanol–water partition coefficient (Wildman–Crippen LogP) is 2.06. The van der Waals surface area contributed by atoms with Crippen LogP contribution in [-0.2, 0) is 13.0 Å². The zero-order valence-corrected chi connectivity index (χ0v) is 16.2. The smallest absolute Gasteiger partial charge is 0.274 e. The normalized spacial score (nSPS) is 16.8. The second-order valence-electron chi connectivity index (χ2n) is 7.03. The molecule has 1 aromatic carbocycles. The maximum atomic E-state index is 12.9. The summed E-state index contributed by atoms with van der Waals surface area (Å²) in [5.41, 5.74) is 6.60. The molecule has 4 rings (SSSR count). The van der Waals surface area contributed by atoms with Crippen molar-refractivity contribution >= 4 is 24.0 Å². The third kappa shape index (κ3) is 3.44. The van der Waals surface area contributed by atoms with Gasteiger partial charge in [-0.15, -0.1) is 12.4 Å². The lowest BCUT2D eigenvalue weighted by molar-refractivity contribution is 0.0739. The van der Waals surface area contributed by atoms with Gasteiger partial charge < -0.3 is 15.1 Å². The molecular weight excluding hydrogens is 350 g/mol. The number of benzene rings is 1. The first-order valence-electron chi connectivity index (χ1n) is 9.02. The van der Waals surface area contributed by atoms with Gasteiger partial charge in [0.2, 0.25) is 0 Å². The van der Waals surface area contributed by atoms with E-state index < -0.39 is 0 Å². The van der Waals surface area contributed by atoms with Crippen LogP contribution in [0.5, 0.6) is 0 Å². The van der Waals surface area contributed by atoms with E-state index in [2.05, 4.69) is 52.5 Å². The van der Waals surface area contributed by atoms with Gasteiger partial charge in [-0.05, 0) is 31.0 Å². The highest BCUT2D eigenvalue weighted by molar-refractivity contribution is 5.94. The quantitative estimate of drug-likeness (QED) is 0.843. The van der Waals surface area contributed by atoms with Gasteiger partial charge in [-0.3, -0.25) is 9.89 Å². The van der Waals surface area contributed by atoms with E-state index >= 15 is 0 Å². The topological polar surface area (TPSA) is 64.3 Å². The lowest BCUT2D eigenvalue weighted by atomic mass is 10.1. The molecule has 2 aliphatic rings. The second kappa shape index (κ2) is 7.68. The minimum atomic E-state index is 0. The fourth-order valence-electron chi connectivity index (χ4n) is 3.76. The molecule has 2 N–H and O–H groups in total. The van der Waals surface area contributed by atoms with Crippen LogP contribution in [0.15, 0.2) is 18.2 Å². The van der Waals surface area contributed by atoms with Crippen LogP contribution in [0.2, 0.25) is 0 Å². The number of anilines is 1. The lowest BCUT2D eigenvalue weighted by Crippen LogP contribution is -2.49. The number of hydrogen-bond donors (Lipinski definition) is 2. The molecule has 1 fully saturated rings. The maximum absolute atomic E-state index is 12.9. The molecule has 0 unspecified atom stereocenters. The van der Waals surface area contributed by atoms with E-state index in [1.165, 1.54) is 16.8 Å². The molecule has 0 bridgehead atoms. The highest BCUT2D eigenvalue weighted by Crippen LogP contribution is 2.24. The first kappa shape index (κ1) is 18.7. The summed E-state index contributed by atoms with van der Waals surface area (Å²) >= 11 is 0. The monoisotopic (exact) mass is 375 g/mol. The van der Waals surface area contributed by atoms with E-state index in [4.69, 9.17) is 0 Å². The van der Waals surface area contributed by atoms with Crippen LogP contribution < -0.4 is 10.2 Å². The molecule has 2 aliphatic heterocycles. The van der Waals surface area contributed by atoms with Crippen molar-refractivity contribution in [3.63, 3.8) is 0 Å². The number of piperazine rings is 1. The van der Waals surface area contributed by atoms with Gasteiger partial charge in [-0.2, -0.15) is 5.10 Å². The van der Waals surface area contributed by atoms with Gasteiger partial charge in [-0.1, -0.05) is 12.1 Å². The molecule has 0 radical (unpaired) electrons. The van der Waals surface area contributed by atoms with E-state index in [1.807, 2.05) is 4.90 Å². The van der Waals surface area contributed by atoms with Crippen molar-refractivity contribution in [3.05, 3.63) is 46.3 Å². The molecule has 1 amide bonds. The molecular formula is C19H26ClN5O. The Morgan fingerprint density at radius 2 is 1.92 bits per heavy atom. The molecule has 0 spiro atoms. The molecule has 0 atom stereocenters. The molecule has 7 heteroatoms. The zero-order valence-electron chi connectivity index (χ0n) is 15.3. The van der Waals surface area contributed by atoms with E-state index in [0.717, 1.165) is 56.9 Å². The zero-order chi connectivity index (χ0) is 17.4. The Morgan fingerprint density at radius 1 is 1.15 bits per heavy atom. The van der Waals surface area contributed by atoms with Crippen molar-refractivity contribution in [3.8, 4) is 0 Å². The highest BCUT2D eigenvalue weighted by Gasteiger charge is 2.28. The number of H-pyrrole nitrogens is 1. The SMILES string of the molecule is Cc1ccc(C)c(N2CCN(C(=O)c3n[nH]c4c3CNCC4)CC2)c1.Cl. The van der Waals surface area contributed by atoms with Gasteiger partial charge in [0.1, 0.15) is 0 Å². The number of aromatic nitrogens is 2. The van der Waals surface area contributed by atoms with Crippen LogP contribution in [0.25, 0.3) is 0 Å². The number of nitrogens with one attached hydrogen (secondary N) is 2. The standard InChI is InChI=1S/C19H25N5O.ClH/c1-13-3-4-14(2)17(11-13)23-7-9-24(10-8-23)19(25)18-15-12-20-6-5-16(15)21-22-18;/h3-4,11,20H,5-10,12H2,1-2H3,(H,21,22);1H. The Bertz CT molecular complexity index is 795. The van der Waals surface area contributed by atoms with Gasteiger partial charge in [0, 0.05) is 62.6 Å². The summed E-state index contributed by atoms with van der Waals surface area (Å²) in [6.45, 7) is 9.14. The Balaban J connectivity index is 0.00000196. The Morgan fingerprint density at radius 3 is 2.69 bits per heavy atom. The van der Waals surface area contributed by atoms with Gasteiger partial charge in [0.25, 0.3) is 5.91 Å². The summed E-state index contributed by atoms with van der Waals surface area (Å²) in [6.07, 6.45) is 0.913. The van der Waals surface area contributed by atoms with Crippen molar-refractivity contribution < 1.29 is 4.79 Å². The van der Waals surface area contributed by atoms with Crippen molar-refractivity contribution in [2.75, 3.05) is 37.6 Å². The molecule has 1 aromatic heterocycles. The molecule has 1 saturated heterocycles. The van der Waals surface area contributed by atoms with Crippen molar-refractivity contribution in [2.24, 2.45) is 0 Å². The summed E-state index contributed by atoms with van der Waals surface area (Å²) in [7, 11) is 0. The molecule has 2 aromatic rings. The van der Waals surface area contributed by atoms with E-state index in [0.29, 0.717) is 5.69 Å². The highest BCUT2D eigenvalue weighted by atomic mass is 35.5. The number of carbonyl (C=O) groups excluding carboxylic acids is 1. The van der Waals surface area contributed by atoms with E-state index in [1.54, 1.807) is 0 Å². The van der Waals surface area contributed by atoms with Crippen LogP contribution in [0.1, 0.15) is 32.9 Å². The number of carbonyl (C=O) groups is 1. The first-order valence-corrected chi connectivity index (χ1v) is 9.02. The number of rotatable bonds is 2. The van der Waals surface area contributed by atoms with Crippen LogP contribution in [0.4, 0.5) is 5.69 Å². The summed E-state index contributed by atoms with van der Waals surface area (Å²) < 4.78 is 0. The van der Waals surface area contributed by atoms with Crippen LogP contribution in [-0.4, -0.2) is 53.7 Å². The summed E-state index contributed by atoms with van der Waals surface area (Å²) in [4.78, 5) is 17.2. The Kier molecular flexibility index (Phi) is 5.53. The number of halogens is 1. The van der Waals surface area contributed by atoms with E-state index in [9.17, 15) is 4.79 Å². The number of aromatic amines is 1. The minimum absolute atomic E-state index is 0. The summed E-state index contributed by atoms with van der Waals surface area (Å²) in [6, 6.07) is 6.56. The number of hydrogen-bond acceptors (Lipinski definition) is 4. The molecule has 0 aliphatic carbocycles. The Labute approximate surface area is 160 Å². The maximum Gasteiger partial charge on any atom is 0.274 e. The van der Waals surface area contributed by atoms with Gasteiger partial charge in [-0.25, -0.2) is 0 Å². The fourth-order valence-corrected chi connectivity index (χ4v) is 3.76. The van der Waals surface area contributed by atoms with Crippen LogP contribution in [0, 0.1) is 13.8 Å². The van der Waals surface area contributed by atoms with Crippen molar-refractivity contribution in [2.45, 2.75) is 26.8 Å². The second-order valence-corrected chi connectivity index (χ2v) is 7.03. The average Bonchev–Trinajstić information content (AvgIpc) is 3.07. The first-order chi connectivity index (χ1) is 12.1. The third-order valence-corrected chi connectivity index (χ3v) is 5.28. The number of amides is 1. The van der Waals surface area contributed by atoms with Gasteiger partial charge in [0.15, 0.2) is 5.69 Å². The number of aryl methyl sites for hydroxylation is 2. The van der Waals surface area contributed by atoms with Crippen molar-refractivity contribution in [1.82, 2.24) is 20.4 Å². The molecule has 3 heterocycles. The van der Waals surface area contributed by atoms with Crippen molar-refractivity contribution in [1.29, 1.82) is 0 Å². The van der Waals surface area contributed by atoms with Gasteiger partial charge in [0.05, 0.1) is 0 Å². The summed E-state index contributed by atoms with van der Waals surface area (Å²) in [5.74, 6) is 0.0572. The Hall–Kier alpha value is -2.05. The predicted molar refractivity (Wildman–Crippen MR) is 105 cm³/mol. The fraction of sp³-hybridized carbons (Fsp3) is 0.474. The van der Waals surface area contributed by atoms with Crippen LogP contribution >= 0.6 is 12.4 Å².